The van der Waals surface area contributed by atoms with Crippen LogP contribution in [-0.4, -0.2) is 8.42 Å². The summed E-state index contributed by atoms with van der Waals surface area (Å²) in [5.41, 5.74) is 5.12. The minimum absolute atomic E-state index is 0.128. The summed E-state index contributed by atoms with van der Waals surface area (Å²) in [6.07, 6.45) is 0. The number of nitrogens with one attached hydrogen (secondary N) is 1. The molecule has 2 aromatic carbocycles. The molecule has 0 saturated carbocycles. The summed E-state index contributed by atoms with van der Waals surface area (Å²) in [6, 6.07) is 5.21. The van der Waals surface area contributed by atoms with E-state index in [1.54, 1.807) is 0 Å². The second-order valence-electron chi connectivity index (χ2n) is 3.92. The van der Waals surface area contributed by atoms with Crippen LogP contribution in [0.5, 0.6) is 0 Å². The van der Waals surface area contributed by atoms with Crippen molar-refractivity contribution in [3.8, 4) is 0 Å². The molecule has 0 aliphatic rings. The quantitative estimate of drug-likeness (QED) is 0.856. The largest absolute Gasteiger partial charge is 0.399 e. The first-order valence-corrected chi connectivity index (χ1v) is 6.81. The van der Waals surface area contributed by atoms with Crippen LogP contribution in [0, 0.1) is 17.5 Å². The average molecular weight is 302 g/mol. The molecule has 3 N–H and O–H groups in total. The zero-order valence-electron chi connectivity index (χ0n) is 9.90. The van der Waals surface area contributed by atoms with Gasteiger partial charge in [-0.25, -0.2) is 21.6 Å². The van der Waals surface area contributed by atoms with Gasteiger partial charge < -0.3 is 5.73 Å². The molecule has 0 unspecified atom stereocenters. The maximum absolute atomic E-state index is 13.5. The summed E-state index contributed by atoms with van der Waals surface area (Å²) in [6.45, 7) is 0. The van der Waals surface area contributed by atoms with Crippen LogP contribution in [0.4, 0.5) is 24.5 Å². The standard InChI is InChI=1S/C12H9F3N2O2S/c13-7-1-4-12(10(15)5-7)20(18,19)17-11-6-8(16)2-3-9(11)14/h1-6,17H,16H2. The van der Waals surface area contributed by atoms with E-state index in [9.17, 15) is 21.6 Å². The number of rotatable bonds is 3. The van der Waals surface area contributed by atoms with E-state index in [-0.39, 0.29) is 5.69 Å². The highest BCUT2D eigenvalue weighted by Crippen LogP contribution is 2.23. The van der Waals surface area contributed by atoms with Crippen LogP contribution in [0.3, 0.4) is 0 Å². The zero-order valence-corrected chi connectivity index (χ0v) is 10.7. The smallest absolute Gasteiger partial charge is 0.264 e. The number of hydrogen-bond acceptors (Lipinski definition) is 3. The van der Waals surface area contributed by atoms with Gasteiger partial charge in [-0.15, -0.1) is 0 Å². The third-order valence-electron chi connectivity index (χ3n) is 2.42. The number of hydrogen-bond donors (Lipinski definition) is 2. The van der Waals surface area contributed by atoms with Crippen molar-refractivity contribution in [2.24, 2.45) is 0 Å². The summed E-state index contributed by atoms with van der Waals surface area (Å²) in [4.78, 5) is -0.791. The summed E-state index contributed by atoms with van der Waals surface area (Å²) in [7, 11) is -4.39. The Morgan fingerprint density at radius 3 is 2.30 bits per heavy atom. The molecule has 106 valence electrons. The van der Waals surface area contributed by atoms with Gasteiger partial charge in [0.25, 0.3) is 10.0 Å². The molecule has 0 amide bonds. The molecule has 8 heteroatoms. The molecule has 4 nitrogen and oxygen atoms in total. The van der Waals surface area contributed by atoms with E-state index in [0.717, 1.165) is 24.3 Å². The molecule has 0 bridgehead atoms. The molecular weight excluding hydrogens is 293 g/mol. The van der Waals surface area contributed by atoms with E-state index >= 15 is 0 Å². The first-order valence-electron chi connectivity index (χ1n) is 5.32. The van der Waals surface area contributed by atoms with E-state index < -0.39 is 38.1 Å². The molecule has 20 heavy (non-hydrogen) atoms. The summed E-state index contributed by atoms with van der Waals surface area (Å²) < 4.78 is 65.3. The second kappa shape index (κ2) is 5.04. The molecule has 2 aromatic rings. The lowest BCUT2D eigenvalue weighted by molar-refractivity contribution is 0.550. The van der Waals surface area contributed by atoms with E-state index in [4.69, 9.17) is 5.73 Å². The van der Waals surface area contributed by atoms with Crippen molar-refractivity contribution >= 4 is 21.4 Å². The Morgan fingerprint density at radius 1 is 0.950 bits per heavy atom. The fourth-order valence-electron chi connectivity index (χ4n) is 1.51. The molecule has 0 saturated heterocycles. The van der Waals surface area contributed by atoms with E-state index in [1.165, 1.54) is 6.07 Å². The van der Waals surface area contributed by atoms with Crippen molar-refractivity contribution in [3.05, 3.63) is 53.8 Å². The van der Waals surface area contributed by atoms with Crippen LogP contribution in [0.25, 0.3) is 0 Å². The highest BCUT2D eigenvalue weighted by molar-refractivity contribution is 7.92. The fraction of sp³-hybridized carbons (Fsp3) is 0. The maximum Gasteiger partial charge on any atom is 0.264 e. The monoisotopic (exact) mass is 302 g/mol. The van der Waals surface area contributed by atoms with Crippen LogP contribution in [-0.2, 0) is 10.0 Å². The topological polar surface area (TPSA) is 72.2 Å². The van der Waals surface area contributed by atoms with Crippen molar-refractivity contribution in [1.29, 1.82) is 0 Å². The number of nitrogens with two attached hydrogens (primary N) is 1. The molecule has 0 fully saturated rings. The lowest BCUT2D eigenvalue weighted by atomic mass is 10.3. The Labute approximate surface area is 113 Å². The van der Waals surface area contributed by atoms with Gasteiger partial charge in [0.1, 0.15) is 22.3 Å². The fourth-order valence-corrected chi connectivity index (χ4v) is 2.63. The van der Waals surface area contributed by atoms with Crippen LogP contribution in [0.1, 0.15) is 0 Å². The van der Waals surface area contributed by atoms with Crippen molar-refractivity contribution in [1.82, 2.24) is 0 Å². The Morgan fingerprint density at radius 2 is 1.65 bits per heavy atom. The summed E-state index contributed by atoms with van der Waals surface area (Å²) in [5.74, 6) is -3.07. The number of halogens is 3. The van der Waals surface area contributed by atoms with Crippen molar-refractivity contribution in [2.45, 2.75) is 4.90 Å². The highest BCUT2D eigenvalue weighted by Gasteiger charge is 2.21. The summed E-state index contributed by atoms with van der Waals surface area (Å²) in [5, 5.41) is 0. The van der Waals surface area contributed by atoms with Gasteiger partial charge in [0.2, 0.25) is 0 Å². The Kier molecular flexibility index (Phi) is 3.58. The first-order chi connectivity index (χ1) is 9.29. The molecule has 0 aliphatic heterocycles. The maximum atomic E-state index is 13.5. The zero-order chi connectivity index (χ0) is 14.9. The van der Waals surface area contributed by atoms with E-state index in [1.807, 2.05) is 4.72 Å². The molecule has 0 radical (unpaired) electrons. The normalized spacial score (nSPS) is 11.3. The van der Waals surface area contributed by atoms with Crippen LogP contribution in [0.2, 0.25) is 0 Å². The minimum atomic E-state index is -4.39. The Bertz CT molecular complexity index is 763. The van der Waals surface area contributed by atoms with Gasteiger partial charge in [-0.05, 0) is 30.3 Å². The van der Waals surface area contributed by atoms with Gasteiger partial charge in [-0.1, -0.05) is 0 Å². The Hall–Kier alpha value is -2.22. The van der Waals surface area contributed by atoms with Crippen molar-refractivity contribution in [3.63, 3.8) is 0 Å². The molecule has 0 aliphatic carbocycles. The van der Waals surface area contributed by atoms with Gasteiger partial charge in [-0.3, -0.25) is 4.72 Å². The average Bonchev–Trinajstić information content (AvgIpc) is 2.33. The molecule has 2 rings (SSSR count). The molecular formula is C12H9F3N2O2S. The van der Waals surface area contributed by atoms with Crippen LogP contribution < -0.4 is 10.5 Å². The molecule has 0 aromatic heterocycles. The number of sulfonamides is 1. The lowest BCUT2D eigenvalue weighted by Crippen LogP contribution is -2.15. The SMILES string of the molecule is Nc1ccc(F)c(NS(=O)(=O)c2ccc(F)cc2F)c1. The van der Waals surface area contributed by atoms with Gasteiger partial charge in [0.05, 0.1) is 5.69 Å². The Balaban J connectivity index is 2.43. The van der Waals surface area contributed by atoms with Gasteiger partial charge in [0.15, 0.2) is 0 Å². The second-order valence-corrected chi connectivity index (χ2v) is 5.57. The third-order valence-corrected chi connectivity index (χ3v) is 3.82. The number of anilines is 2. The molecule has 0 spiro atoms. The molecule has 0 heterocycles. The van der Waals surface area contributed by atoms with Crippen LogP contribution >= 0.6 is 0 Å². The highest BCUT2D eigenvalue weighted by atomic mass is 32.2. The predicted molar refractivity (Wildman–Crippen MR) is 68.0 cm³/mol. The van der Waals surface area contributed by atoms with E-state index in [0.29, 0.717) is 6.07 Å². The predicted octanol–water partition coefficient (Wildman–Crippen LogP) is 2.49. The molecule has 0 atom stereocenters. The van der Waals surface area contributed by atoms with Gasteiger partial charge in [0, 0.05) is 11.8 Å². The van der Waals surface area contributed by atoms with Crippen molar-refractivity contribution < 1.29 is 21.6 Å². The minimum Gasteiger partial charge on any atom is -0.399 e. The lowest BCUT2D eigenvalue weighted by Gasteiger charge is -2.10. The van der Waals surface area contributed by atoms with Gasteiger partial charge >= 0.3 is 0 Å². The summed E-state index contributed by atoms with van der Waals surface area (Å²) >= 11 is 0. The van der Waals surface area contributed by atoms with Crippen molar-refractivity contribution in [2.75, 3.05) is 10.5 Å². The van der Waals surface area contributed by atoms with Crippen LogP contribution in [0.15, 0.2) is 41.3 Å². The number of nitrogen functional groups attached to an aromatic ring is 1. The van der Waals surface area contributed by atoms with E-state index in [2.05, 4.69) is 0 Å². The number of benzene rings is 2. The first kappa shape index (κ1) is 14.2. The van der Waals surface area contributed by atoms with Gasteiger partial charge in [-0.2, -0.15) is 0 Å². The third kappa shape index (κ3) is 2.85.